The van der Waals surface area contributed by atoms with Crippen LogP contribution in [-0.2, 0) is 4.74 Å². The number of methoxy groups -OCH3 is 1. The second-order valence-corrected chi connectivity index (χ2v) is 3.29. The summed E-state index contributed by atoms with van der Waals surface area (Å²) < 4.78 is 5.02. The molecular formula is C9H16ClNO. The summed E-state index contributed by atoms with van der Waals surface area (Å²) in [5, 5.41) is 0.552. The van der Waals surface area contributed by atoms with Crippen LogP contribution in [0.25, 0.3) is 0 Å². The largest absolute Gasteiger partial charge is 0.403 e. The fourth-order valence-corrected chi connectivity index (χ4v) is 0.907. The number of allylic oxidation sites excluding steroid dienone is 2. The highest BCUT2D eigenvalue weighted by Crippen LogP contribution is 2.14. The maximum Gasteiger partial charge on any atom is 0.0679 e. The molecule has 12 heavy (non-hydrogen) atoms. The van der Waals surface area contributed by atoms with Gasteiger partial charge < -0.3 is 10.5 Å². The fourth-order valence-electron chi connectivity index (χ4n) is 0.767. The van der Waals surface area contributed by atoms with Crippen molar-refractivity contribution in [3.63, 3.8) is 0 Å². The molecule has 2 N–H and O–H groups in total. The molecule has 0 spiro atoms. The third-order valence-electron chi connectivity index (χ3n) is 1.54. The molecule has 0 aliphatic carbocycles. The molecule has 0 amide bonds. The van der Waals surface area contributed by atoms with Crippen molar-refractivity contribution in [2.24, 2.45) is 11.7 Å². The second kappa shape index (κ2) is 6.09. The molecule has 0 bridgehead atoms. The molecule has 0 heterocycles. The van der Waals surface area contributed by atoms with Crippen LogP contribution in [0.2, 0.25) is 0 Å². The van der Waals surface area contributed by atoms with Gasteiger partial charge in [0.2, 0.25) is 0 Å². The number of hydrogen-bond acceptors (Lipinski definition) is 2. The molecule has 0 saturated carbocycles. The van der Waals surface area contributed by atoms with Gasteiger partial charge in [0, 0.05) is 13.3 Å². The summed E-state index contributed by atoms with van der Waals surface area (Å²) in [6.07, 6.45) is 3.22. The van der Waals surface area contributed by atoms with Gasteiger partial charge in [0.1, 0.15) is 0 Å². The first kappa shape index (κ1) is 11.5. The zero-order chi connectivity index (χ0) is 9.56. The molecule has 0 atom stereocenters. The first-order valence-electron chi connectivity index (χ1n) is 3.88. The Kier molecular flexibility index (Phi) is 5.85. The van der Waals surface area contributed by atoms with Crippen molar-refractivity contribution < 1.29 is 4.74 Å². The molecule has 0 aliphatic rings. The first-order valence-corrected chi connectivity index (χ1v) is 4.26. The minimum Gasteiger partial charge on any atom is -0.403 e. The number of hydrogen-bond donors (Lipinski definition) is 1. The Hall–Kier alpha value is -0.470. The van der Waals surface area contributed by atoms with Crippen molar-refractivity contribution in [2.45, 2.75) is 13.8 Å². The van der Waals surface area contributed by atoms with Gasteiger partial charge in [-0.1, -0.05) is 25.4 Å². The Morgan fingerprint density at radius 2 is 2.17 bits per heavy atom. The Bertz CT molecular complexity index is 185. The maximum absolute atomic E-state index is 5.74. The quantitative estimate of drug-likeness (QED) is 0.689. The summed E-state index contributed by atoms with van der Waals surface area (Å²) in [5.41, 5.74) is 6.38. The lowest BCUT2D eigenvalue weighted by Crippen LogP contribution is -2.02. The Labute approximate surface area is 79.0 Å². The van der Waals surface area contributed by atoms with E-state index in [2.05, 4.69) is 13.8 Å². The highest BCUT2D eigenvalue weighted by molar-refractivity contribution is 6.31. The number of rotatable bonds is 4. The molecule has 2 nitrogen and oxygen atoms in total. The molecule has 0 fully saturated rings. The predicted octanol–water partition coefficient (Wildman–Crippen LogP) is 2.25. The topological polar surface area (TPSA) is 35.2 Å². The van der Waals surface area contributed by atoms with Crippen LogP contribution in [0.1, 0.15) is 13.8 Å². The first-order chi connectivity index (χ1) is 5.61. The summed E-state index contributed by atoms with van der Waals surface area (Å²) in [6, 6.07) is 0. The lowest BCUT2D eigenvalue weighted by molar-refractivity contribution is 0.218. The molecule has 0 aromatic heterocycles. The van der Waals surface area contributed by atoms with Crippen molar-refractivity contribution >= 4 is 11.6 Å². The third kappa shape index (κ3) is 4.42. The molecule has 3 heteroatoms. The minimum atomic E-state index is 0.429. The molecule has 0 rings (SSSR count). The number of halogens is 1. The van der Waals surface area contributed by atoms with Crippen molar-refractivity contribution in [3.8, 4) is 0 Å². The Morgan fingerprint density at radius 3 is 2.50 bits per heavy atom. The molecule has 0 aliphatic heterocycles. The van der Waals surface area contributed by atoms with Gasteiger partial charge >= 0.3 is 0 Å². The van der Waals surface area contributed by atoms with E-state index in [1.165, 1.54) is 6.20 Å². The van der Waals surface area contributed by atoms with Crippen LogP contribution in [0.15, 0.2) is 22.9 Å². The molecule has 70 valence electrons. The normalized spacial score (nSPS) is 14.1. The molecule has 0 unspecified atom stereocenters. The van der Waals surface area contributed by atoms with Gasteiger partial charge in [-0.25, -0.2) is 0 Å². The van der Waals surface area contributed by atoms with Gasteiger partial charge in [0.25, 0.3) is 0 Å². The van der Waals surface area contributed by atoms with Crippen LogP contribution in [0.3, 0.4) is 0 Å². The van der Waals surface area contributed by atoms with Gasteiger partial charge in [-0.2, -0.15) is 0 Å². The van der Waals surface area contributed by atoms with E-state index in [4.69, 9.17) is 22.1 Å². The molecule has 0 aromatic carbocycles. The number of ether oxygens (including phenoxy) is 1. The van der Waals surface area contributed by atoms with Crippen molar-refractivity contribution in [1.82, 2.24) is 0 Å². The van der Waals surface area contributed by atoms with Crippen LogP contribution in [0, 0.1) is 5.92 Å². The van der Waals surface area contributed by atoms with Crippen LogP contribution in [0.4, 0.5) is 0 Å². The highest BCUT2D eigenvalue weighted by atomic mass is 35.5. The average molecular weight is 190 g/mol. The van der Waals surface area contributed by atoms with Crippen LogP contribution >= 0.6 is 11.6 Å². The number of nitrogens with two attached hydrogens (primary N) is 1. The molecule has 0 saturated heterocycles. The van der Waals surface area contributed by atoms with E-state index < -0.39 is 0 Å². The van der Waals surface area contributed by atoms with Gasteiger partial charge in [0.15, 0.2) is 0 Å². The predicted molar refractivity (Wildman–Crippen MR) is 52.9 cm³/mol. The van der Waals surface area contributed by atoms with Crippen molar-refractivity contribution in [2.75, 3.05) is 13.7 Å². The van der Waals surface area contributed by atoms with Crippen molar-refractivity contribution in [3.05, 3.63) is 22.9 Å². The second-order valence-electron chi connectivity index (χ2n) is 2.86. The van der Waals surface area contributed by atoms with E-state index in [1.807, 2.05) is 6.08 Å². The zero-order valence-corrected chi connectivity index (χ0v) is 8.56. The van der Waals surface area contributed by atoms with Crippen molar-refractivity contribution in [1.29, 1.82) is 0 Å². The van der Waals surface area contributed by atoms with E-state index in [0.29, 0.717) is 17.6 Å². The van der Waals surface area contributed by atoms with Crippen LogP contribution in [0.5, 0.6) is 0 Å². The monoisotopic (exact) mass is 189 g/mol. The summed E-state index contributed by atoms with van der Waals surface area (Å²) in [6.45, 7) is 4.78. The molecule has 0 radical (unpaired) electrons. The molecular weight excluding hydrogens is 174 g/mol. The summed E-state index contributed by atoms with van der Waals surface area (Å²) in [4.78, 5) is 0. The van der Waals surface area contributed by atoms with Crippen LogP contribution < -0.4 is 5.73 Å². The van der Waals surface area contributed by atoms with Gasteiger partial charge in [0.05, 0.1) is 11.6 Å². The standard InChI is InChI=1S/C9H16ClNO/c1-7(2)8(6-12-3)4-9(10)5-11/h4-5,7H,6,11H2,1-3H3/b8-4-,9-5+. The van der Waals surface area contributed by atoms with E-state index in [9.17, 15) is 0 Å². The molecule has 0 aromatic rings. The highest BCUT2D eigenvalue weighted by Gasteiger charge is 2.02. The van der Waals surface area contributed by atoms with Crippen LogP contribution in [-0.4, -0.2) is 13.7 Å². The van der Waals surface area contributed by atoms with E-state index in [1.54, 1.807) is 7.11 Å². The minimum absolute atomic E-state index is 0.429. The fraction of sp³-hybridized carbons (Fsp3) is 0.556. The summed E-state index contributed by atoms with van der Waals surface area (Å²) in [5.74, 6) is 0.429. The third-order valence-corrected chi connectivity index (χ3v) is 1.77. The van der Waals surface area contributed by atoms with Gasteiger partial charge in [-0.3, -0.25) is 0 Å². The summed E-state index contributed by atoms with van der Waals surface area (Å²) >= 11 is 5.74. The lowest BCUT2D eigenvalue weighted by atomic mass is 10.0. The van der Waals surface area contributed by atoms with Gasteiger partial charge in [-0.15, -0.1) is 0 Å². The SMILES string of the molecule is COC/C(=C/C(Cl)=C\N)C(C)C. The summed E-state index contributed by atoms with van der Waals surface area (Å²) in [7, 11) is 1.66. The zero-order valence-electron chi connectivity index (χ0n) is 7.80. The average Bonchev–Trinajstić information content (AvgIpc) is 2.03. The maximum atomic E-state index is 5.74. The smallest absolute Gasteiger partial charge is 0.0679 e. The Morgan fingerprint density at radius 1 is 1.58 bits per heavy atom. The van der Waals surface area contributed by atoms with E-state index in [-0.39, 0.29) is 0 Å². The van der Waals surface area contributed by atoms with E-state index >= 15 is 0 Å². The van der Waals surface area contributed by atoms with E-state index in [0.717, 1.165) is 5.57 Å². The lowest BCUT2D eigenvalue weighted by Gasteiger charge is -2.09. The van der Waals surface area contributed by atoms with Gasteiger partial charge in [-0.05, 0) is 17.6 Å². The Balaban J connectivity index is 4.38.